The molecule has 2 aliphatic rings. The second-order valence-electron chi connectivity index (χ2n) is 8.36. The number of hydrogen-bond donors (Lipinski definition) is 0. The first-order valence-corrected chi connectivity index (χ1v) is 12.4. The molecule has 1 heterocycles. The molecule has 3 aromatic carbocycles. The molecule has 0 spiro atoms. The fourth-order valence-corrected chi connectivity index (χ4v) is 5.33. The molecule has 1 fully saturated rings. The number of amides is 1. The lowest BCUT2D eigenvalue weighted by Crippen LogP contribution is -2.31. The molecule has 3 aromatic rings. The maximum Gasteiger partial charge on any atom is 0.274 e. The van der Waals surface area contributed by atoms with Crippen LogP contribution in [0.25, 0.3) is 6.08 Å². The molecule has 1 aliphatic carbocycles. The van der Waals surface area contributed by atoms with Crippen molar-refractivity contribution in [2.24, 2.45) is 11.0 Å². The van der Waals surface area contributed by atoms with Crippen LogP contribution in [0.5, 0.6) is 0 Å². The van der Waals surface area contributed by atoms with Gasteiger partial charge in [0.25, 0.3) is 5.91 Å². The minimum absolute atomic E-state index is 0.107. The second-order valence-corrected chi connectivity index (χ2v) is 10.2. The monoisotopic (exact) mass is 538 g/mol. The SMILES string of the molecule is O=C(c1cccc(Br)c1)N1N=C2/C(=C\c3ccc(Cl)cc3)CCC[C@H]2[C@@H]1c1ccc(Cl)cc1. The first-order valence-electron chi connectivity index (χ1n) is 10.9. The molecule has 0 aromatic heterocycles. The molecule has 1 saturated carbocycles. The summed E-state index contributed by atoms with van der Waals surface area (Å²) in [7, 11) is 0. The van der Waals surface area contributed by atoms with Gasteiger partial charge in [0, 0.05) is 26.0 Å². The molecule has 6 heteroatoms. The molecule has 1 aliphatic heterocycles. The van der Waals surface area contributed by atoms with E-state index in [2.05, 4.69) is 22.0 Å². The summed E-state index contributed by atoms with van der Waals surface area (Å²) in [4.78, 5) is 13.6. The van der Waals surface area contributed by atoms with Crippen LogP contribution in [0.4, 0.5) is 0 Å². The van der Waals surface area contributed by atoms with Crippen LogP contribution in [0, 0.1) is 5.92 Å². The number of nitrogens with zero attached hydrogens (tertiary/aromatic N) is 2. The van der Waals surface area contributed by atoms with E-state index in [9.17, 15) is 4.79 Å². The molecular weight excluding hydrogens is 519 g/mol. The Morgan fingerprint density at radius 1 is 1.00 bits per heavy atom. The third-order valence-corrected chi connectivity index (χ3v) is 7.20. The largest absolute Gasteiger partial charge is 0.274 e. The Bertz CT molecular complexity index is 1250. The highest BCUT2D eigenvalue weighted by Crippen LogP contribution is 2.45. The van der Waals surface area contributed by atoms with Crippen LogP contribution >= 0.6 is 39.1 Å². The van der Waals surface area contributed by atoms with Crippen LogP contribution in [0.3, 0.4) is 0 Å². The van der Waals surface area contributed by atoms with E-state index in [1.54, 1.807) is 5.01 Å². The zero-order chi connectivity index (χ0) is 22.9. The van der Waals surface area contributed by atoms with Crippen LogP contribution in [0.15, 0.2) is 87.9 Å². The highest BCUT2D eigenvalue weighted by atomic mass is 79.9. The summed E-state index contributed by atoms with van der Waals surface area (Å²) in [6, 6.07) is 22.9. The summed E-state index contributed by atoms with van der Waals surface area (Å²) in [6.45, 7) is 0. The number of rotatable bonds is 3. The Labute approximate surface area is 211 Å². The van der Waals surface area contributed by atoms with Gasteiger partial charge in [-0.05, 0) is 84.5 Å². The van der Waals surface area contributed by atoms with Crippen molar-refractivity contribution in [2.75, 3.05) is 0 Å². The standard InChI is InChI=1S/C27H21BrCl2N2O/c28-21-5-1-4-20(16-21)27(33)32-26(18-9-13-23(30)14-10-18)24-6-2-3-19(25(24)31-32)15-17-7-11-22(29)12-8-17/h1,4-5,7-16,24,26H,2-3,6H2/b19-15-/t24-,26+/m1/s1. The topological polar surface area (TPSA) is 32.7 Å². The molecule has 5 rings (SSSR count). The van der Waals surface area contributed by atoms with E-state index in [0.717, 1.165) is 40.6 Å². The third-order valence-electron chi connectivity index (χ3n) is 6.20. The fourth-order valence-electron chi connectivity index (χ4n) is 4.68. The lowest BCUT2D eigenvalue weighted by Gasteiger charge is -2.29. The van der Waals surface area contributed by atoms with Gasteiger partial charge in [0.1, 0.15) is 0 Å². The maximum atomic E-state index is 13.6. The predicted octanol–water partition coefficient (Wildman–Crippen LogP) is 8.19. The Hall–Kier alpha value is -2.40. The molecule has 0 saturated heterocycles. The first kappa shape index (κ1) is 22.4. The number of carbonyl (C=O) groups excluding carboxylic acids is 1. The molecule has 0 unspecified atom stereocenters. The van der Waals surface area contributed by atoms with Gasteiger partial charge in [-0.15, -0.1) is 0 Å². The first-order chi connectivity index (χ1) is 16.0. The Kier molecular flexibility index (Phi) is 6.42. The van der Waals surface area contributed by atoms with Gasteiger partial charge in [0.15, 0.2) is 0 Å². The van der Waals surface area contributed by atoms with Crippen LogP contribution in [-0.2, 0) is 0 Å². The van der Waals surface area contributed by atoms with Crippen LogP contribution in [-0.4, -0.2) is 16.6 Å². The van der Waals surface area contributed by atoms with Crippen LogP contribution in [0.1, 0.15) is 46.8 Å². The van der Waals surface area contributed by atoms with E-state index in [4.69, 9.17) is 28.3 Å². The van der Waals surface area contributed by atoms with Gasteiger partial charge < -0.3 is 0 Å². The predicted molar refractivity (Wildman–Crippen MR) is 139 cm³/mol. The van der Waals surface area contributed by atoms with Crippen molar-refractivity contribution in [3.05, 3.63) is 110 Å². The molecule has 0 radical (unpaired) electrons. The smallest absolute Gasteiger partial charge is 0.267 e. The second kappa shape index (κ2) is 9.46. The van der Waals surface area contributed by atoms with Crippen LogP contribution in [0.2, 0.25) is 10.0 Å². The highest BCUT2D eigenvalue weighted by molar-refractivity contribution is 9.10. The van der Waals surface area contributed by atoms with Crippen molar-refractivity contribution >= 4 is 56.8 Å². The highest BCUT2D eigenvalue weighted by Gasteiger charge is 2.43. The van der Waals surface area contributed by atoms with E-state index in [1.165, 1.54) is 5.57 Å². The van der Waals surface area contributed by atoms with Crippen molar-refractivity contribution in [3.63, 3.8) is 0 Å². The Morgan fingerprint density at radius 3 is 2.39 bits per heavy atom. The zero-order valence-corrected chi connectivity index (χ0v) is 20.8. The summed E-state index contributed by atoms with van der Waals surface area (Å²) >= 11 is 15.7. The van der Waals surface area contributed by atoms with Crippen LogP contribution < -0.4 is 0 Å². The maximum absolute atomic E-state index is 13.6. The average Bonchev–Trinajstić information content (AvgIpc) is 3.21. The molecular formula is C27H21BrCl2N2O. The molecule has 3 nitrogen and oxygen atoms in total. The van der Waals surface area contributed by atoms with E-state index < -0.39 is 0 Å². The summed E-state index contributed by atoms with van der Waals surface area (Å²) in [5.74, 6) is 0.0265. The van der Waals surface area contributed by atoms with Crippen molar-refractivity contribution < 1.29 is 4.79 Å². The fraction of sp³-hybridized carbons (Fsp3) is 0.185. The van der Waals surface area contributed by atoms with Gasteiger partial charge in [-0.3, -0.25) is 4.79 Å². The van der Waals surface area contributed by atoms with Gasteiger partial charge in [-0.25, -0.2) is 5.01 Å². The third kappa shape index (κ3) is 4.65. The average molecular weight is 540 g/mol. The van der Waals surface area contributed by atoms with E-state index >= 15 is 0 Å². The molecule has 1 amide bonds. The number of halogens is 3. The van der Waals surface area contributed by atoms with Crippen molar-refractivity contribution in [3.8, 4) is 0 Å². The van der Waals surface area contributed by atoms with E-state index in [0.29, 0.717) is 15.6 Å². The number of hydrogen-bond acceptors (Lipinski definition) is 2. The number of fused-ring (bicyclic) bond motifs is 1. The van der Waals surface area contributed by atoms with Gasteiger partial charge in [0.2, 0.25) is 0 Å². The lowest BCUT2D eigenvalue weighted by molar-refractivity contribution is 0.0681. The number of benzene rings is 3. The molecule has 0 N–H and O–H groups in total. The minimum Gasteiger partial charge on any atom is -0.267 e. The molecule has 166 valence electrons. The molecule has 33 heavy (non-hydrogen) atoms. The zero-order valence-electron chi connectivity index (χ0n) is 17.7. The summed E-state index contributed by atoms with van der Waals surface area (Å²) < 4.78 is 0.865. The number of hydrazone groups is 1. The summed E-state index contributed by atoms with van der Waals surface area (Å²) in [6.07, 6.45) is 5.13. The summed E-state index contributed by atoms with van der Waals surface area (Å²) in [5, 5.41) is 8.01. The molecule has 0 bridgehead atoms. The molecule has 2 atom stereocenters. The van der Waals surface area contributed by atoms with Gasteiger partial charge in [0.05, 0.1) is 11.8 Å². The van der Waals surface area contributed by atoms with Crippen molar-refractivity contribution in [1.29, 1.82) is 0 Å². The van der Waals surface area contributed by atoms with E-state index in [-0.39, 0.29) is 17.9 Å². The van der Waals surface area contributed by atoms with Crippen molar-refractivity contribution in [1.82, 2.24) is 5.01 Å². The van der Waals surface area contributed by atoms with Crippen molar-refractivity contribution in [2.45, 2.75) is 25.3 Å². The Morgan fingerprint density at radius 2 is 1.70 bits per heavy atom. The van der Waals surface area contributed by atoms with Gasteiger partial charge in [-0.1, -0.05) is 69.5 Å². The van der Waals surface area contributed by atoms with Gasteiger partial charge >= 0.3 is 0 Å². The number of carbonyl (C=O) groups is 1. The lowest BCUT2D eigenvalue weighted by atomic mass is 9.77. The van der Waals surface area contributed by atoms with Gasteiger partial charge in [-0.2, -0.15) is 5.10 Å². The van der Waals surface area contributed by atoms with E-state index in [1.807, 2.05) is 72.8 Å². The quantitative estimate of drug-likeness (QED) is 0.330. The Balaban J connectivity index is 1.58. The minimum atomic E-state index is -0.169. The number of allylic oxidation sites excluding steroid dienone is 1. The summed E-state index contributed by atoms with van der Waals surface area (Å²) in [5.41, 5.74) is 4.91. The normalized spacial score (nSPS) is 21.1.